The number of hydrogen-bond donors (Lipinski definition) is 2. The molecule has 0 bridgehead atoms. The lowest BCUT2D eigenvalue weighted by Gasteiger charge is -2.30. The number of sulfonamides is 1. The number of anilines is 2. The number of methoxy groups -OCH3 is 1. The Kier molecular flexibility index (Phi) is 8.58. The normalized spacial score (nSPS) is 14.8. The number of piperidine rings is 1. The van der Waals surface area contributed by atoms with Crippen molar-refractivity contribution in [2.45, 2.75) is 24.7 Å². The highest BCUT2D eigenvalue weighted by molar-refractivity contribution is 7.89. The summed E-state index contributed by atoms with van der Waals surface area (Å²) in [4.78, 5) is 17.7. The molecule has 9 nitrogen and oxygen atoms in total. The number of thiazole rings is 1. The number of ether oxygens (including phenoxy) is 2. The molecule has 4 rings (SSSR count). The molecule has 0 atom stereocenters. The fourth-order valence-corrected chi connectivity index (χ4v) is 6.62. The van der Waals surface area contributed by atoms with Crippen molar-refractivity contribution in [1.82, 2.24) is 9.29 Å². The molecule has 1 amide bonds. The van der Waals surface area contributed by atoms with E-state index in [0.29, 0.717) is 36.6 Å². The fourth-order valence-electron chi connectivity index (χ4n) is 4.14. The molecule has 3 aromatic rings. The van der Waals surface area contributed by atoms with E-state index in [1.54, 1.807) is 19.2 Å². The number of carbonyl (C=O) groups excluding carboxylic acids is 1. The summed E-state index contributed by atoms with van der Waals surface area (Å²) in [7, 11) is -0.385. The second-order valence-electron chi connectivity index (χ2n) is 8.40. The summed E-state index contributed by atoms with van der Waals surface area (Å²) >= 11 is 7.69. The minimum atomic E-state index is -3.74. The van der Waals surface area contributed by atoms with Crippen molar-refractivity contribution >= 4 is 49.7 Å². The third-order valence-electron chi connectivity index (χ3n) is 6.14. The van der Waals surface area contributed by atoms with Crippen molar-refractivity contribution in [3.63, 3.8) is 0 Å². The maximum absolute atomic E-state index is 13.2. The Balaban J connectivity index is 1.43. The molecule has 2 heterocycles. The fraction of sp³-hybridized carbons (Fsp3) is 0.360. The van der Waals surface area contributed by atoms with Crippen LogP contribution in [0.2, 0.25) is 5.02 Å². The highest BCUT2D eigenvalue weighted by atomic mass is 35.5. The zero-order valence-corrected chi connectivity index (χ0v) is 23.2. The molecule has 12 heteroatoms. The molecule has 1 aliphatic rings. The predicted octanol–water partition coefficient (Wildman–Crippen LogP) is 4.95. The van der Waals surface area contributed by atoms with Crippen LogP contribution in [0.3, 0.4) is 0 Å². The molecule has 2 N–H and O–H groups in total. The van der Waals surface area contributed by atoms with Crippen molar-refractivity contribution in [2.75, 3.05) is 44.5 Å². The summed E-state index contributed by atoms with van der Waals surface area (Å²) < 4.78 is 38.5. The molecule has 2 aromatic carbocycles. The van der Waals surface area contributed by atoms with E-state index in [1.165, 1.54) is 27.8 Å². The molecule has 1 aliphatic heterocycles. The summed E-state index contributed by atoms with van der Waals surface area (Å²) in [6.07, 6.45) is 0.797. The first-order valence-electron chi connectivity index (χ1n) is 11.8. The van der Waals surface area contributed by atoms with Gasteiger partial charge in [-0.3, -0.25) is 4.79 Å². The number of rotatable bonds is 9. The standard InChI is InChI=1S/C25H29ClN4O5S2/c1-4-35-22-8-6-18(14-19(22)26)37(32,33)30-11-9-16(10-12-30)24(31)28-20-13-17(5-7-23(20)34-3)21-15-36-25(27-2)29-21/h5-8,13-16H,4,9-12H2,1-3H3,(H,27,29)(H,28,31). The maximum atomic E-state index is 13.2. The average Bonchev–Trinajstić information content (AvgIpc) is 3.39. The Morgan fingerprint density at radius 3 is 2.54 bits per heavy atom. The van der Waals surface area contributed by atoms with Gasteiger partial charge >= 0.3 is 0 Å². The molecule has 0 saturated carbocycles. The van der Waals surface area contributed by atoms with E-state index in [1.807, 2.05) is 31.5 Å². The first-order chi connectivity index (χ1) is 17.8. The van der Waals surface area contributed by atoms with Gasteiger partial charge in [-0.1, -0.05) is 11.6 Å². The first-order valence-corrected chi connectivity index (χ1v) is 14.5. The lowest BCUT2D eigenvalue weighted by atomic mass is 9.97. The Hall–Kier alpha value is -2.86. The monoisotopic (exact) mass is 564 g/mol. The number of carbonyl (C=O) groups is 1. The average molecular weight is 565 g/mol. The number of aromatic nitrogens is 1. The van der Waals surface area contributed by atoms with Crippen LogP contribution in [-0.4, -0.2) is 57.5 Å². The van der Waals surface area contributed by atoms with Gasteiger partial charge in [-0.2, -0.15) is 4.31 Å². The molecule has 0 radical (unpaired) electrons. The summed E-state index contributed by atoms with van der Waals surface area (Å²) in [5.74, 6) is 0.466. The number of hydrogen-bond acceptors (Lipinski definition) is 8. The number of amides is 1. The molecule has 37 heavy (non-hydrogen) atoms. The number of nitrogens with zero attached hydrogens (tertiary/aromatic N) is 2. The minimum absolute atomic E-state index is 0.105. The van der Waals surface area contributed by atoms with Crippen molar-refractivity contribution in [3.05, 3.63) is 46.8 Å². The largest absolute Gasteiger partial charge is 0.495 e. The summed E-state index contributed by atoms with van der Waals surface area (Å²) in [5.41, 5.74) is 2.19. The lowest BCUT2D eigenvalue weighted by molar-refractivity contribution is -0.120. The van der Waals surface area contributed by atoms with E-state index in [2.05, 4.69) is 15.6 Å². The molecular formula is C25H29ClN4O5S2. The third-order valence-corrected chi connectivity index (χ3v) is 9.19. The van der Waals surface area contributed by atoms with Gasteiger partial charge in [-0.25, -0.2) is 13.4 Å². The van der Waals surface area contributed by atoms with Crippen LogP contribution in [0.25, 0.3) is 11.3 Å². The van der Waals surface area contributed by atoms with Crippen molar-refractivity contribution in [1.29, 1.82) is 0 Å². The van der Waals surface area contributed by atoms with Gasteiger partial charge in [-0.15, -0.1) is 11.3 Å². The summed E-state index contributed by atoms with van der Waals surface area (Å²) in [5, 5.41) is 8.97. The highest BCUT2D eigenvalue weighted by Gasteiger charge is 2.32. The highest BCUT2D eigenvalue weighted by Crippen LogP contribution is 2.34. The minimum Gasteiger partial charge on any atom is -0.495 e. The van der Waals surface area contributed by atoms with E-state index in [9.17, 15) is 13.2 Å². The van der Waals surface area contributed by atoms with E-state index < -0.39 is 10.0 Å². The van der Waals surface area contributed by atoms with Crippen LogP contribution in [0.4, 0.5) is 10.8 Å². The molecule has 1 saturated heterocycles. The molecule has 1 aromatic heterocycles. The maximum Gasteiger partial charge on any atom is 0.243 e. The topological polar surface area (TPSA) is 110 Å². The predicted molar refractivity (Wildman–Crippen MR) is 146 cm³/mol. The lowest BCUT2D eigenvalue weighted by Crippen LogP contribution is -2.41. The second-order valence-corrected chi connectivity index (χ2v) is 11.6. The van der Waals surface area contributed by atoms with Crippen LogP contribution in [-0.2, 0) is 14.8 Å². The zero-order chi connectivity index (χ0) is 26.6. The van der Waals surface area contributed by atoms with Crippen LogP contribution in [0.1, 0.15) is 19.8 Å². The van der Waals surface area contributed by atoms with Gasteiger partial charge in [0.15, 0.2) is 5.13 Å². The summed E-state index contributed by atoms with van der Waals surface area (Å²) in [6, 6.07) is 9.97. The Morgan fingerprint density at radius 1 is 1.19 bits per heavy atom. The Morgan fingerprint density at radius 2 is 1.92 bits per heavy atom. The third kappa shape index (κ3) is 6.01. The van der Waals surface area contributed by atoms with E-state index in [4.69, 9.17) is 21.1 Å². The van der Waals surface area contributed by atoms with Crippen LogP contribution < -0.4 is 20.1 Å². The Labute approximate surface area is 225 Å². The van der Waals surface area contributed by atoms with Crippen LogP contribution in [0.15, 0.2) is 46.7 Å². The van der Waals surface area contributed by atoms with E-state index >= 15 is 0 Å². The van der Waals surface area contributed by atoms with E-state index in [-0.39, 0.29) is 34.8 Å². The quantitative estimate of drug-likeness (QED) is 0.378. The number of benzene rings is 2. The SMILES string of the molecule is CCOc1ccc(S(=O)(=O)N2CCC(C(=O)Nc3cc(-c4csc(NC)n4)ccc3OC)CC2)cc1Cl. The van der Waals surface area contributed by atoms with Gasteiger partial charge < -0.3 is 20.1 Å². The molecule has 198 valence electrons. The zero-order valence-electron chi connectivity index (χ0n) is 20.8. The first kappa shape index (κ1) is 27.2. The van der Waals surface area contributed by atoms with Gasteiger partial charge in [0.1, 0.15) is 11.5 Å². The Bertz CT molecular complexity index is 1370. The van der Waals surface area contributed by atoms with Crippen LogP contribution >= 0.6 is 22.9 Å². The van der Waals surface area contributed by atoms with Crippen molar-refractivity contribution < 1.29 is 22.7 Å². The van der Waals surface area contributed by atoms with Gasteiger partial charge in [0.2, 0.25) is 15.9 Å². The molecule has 0 aliphatic carbocycles. The second kappa shape index (κ2) is 11.7. The van der Waals surface area contributed by atoms with Crippen LogP contribution in [0.5, 0.6) is 11.5 Å². The van der Waals surface area contributed by atoms with Gasteiger partial charge in [0.25, 0.3) is 0 Å². The molecule has 0 unspecified atom stereocenters. The smallest absolute Gasteiger partial charge is 0.243 e. The molecule has 1 fully saturated rings. The number of nitrogens with one attached hydrogen (secondary N) is 2. The van der Waals surface area contributed by atoms with Crippen molar-refractivity contribution in [3.8, 4) is 22.8 Å². The van der Waals surface area contributed by atoms with Gasteiger partial charge in [0, 0.05) is 37.0 Å². The van der Waals surface area contributed by atoms with Gasteiger partial charge in [0.05, 0.1) is 35.0 Å². The molecule has 0 spiro atoms. The van der Waals surface area contributed by atoms with E-state index in [0.717, 1.165) is 16.4 Å². The van der Waals surface area contributed by atoms with Gasteiger partial charge in [-0.05, 0) is 56.2 Å². The summed E-state index contributed by atoms with van der Waals surface area (Å²) in [6.45, 7) is 2.72. The van der Waals surface area contributed by atoms with Crippen molar-refractivity contribution in [2.24, 2.45) is 5.92 Å². The molecular weight excluding hydrogens is 536 g/mol. The van der Waals surface area contributed by atoms with Crippen LogP contribution in [0, 0.1) is 5.92 Å². The number of halogens is 1.